The van der Waals surface area contributed by atoms with Gasteiger partial charge in [-0.25, -0.2) is 4.79 Å². The Morgan fingerprint density at radius 1 is 1.13 bits per heavy atom. The molecule has 6 heteroatoms. The molecule has 0 heterocycles. The Labute approximate surface area is 146 Å². The maximum absolute atomic E-state index is 12.3. The first-order chi connectivity index (χ1) is 11.0. The molecular weight excluding hydrogens is 333 g/mol. The number of benzene rings is 2. The number of halogens is 2. The van der Waals surface area contributed by atoms with E-state index >= 15 is 0 Å². The molecular formula is C17H19Cl2N3O. The summed E-state index contributed by atoms with van der Waals surface area (Å²) in [5.74, 6) is 0. The molecule has 4 nitrogen and oxygen atoms in total. The molecule has 2 amide bonds. The fourth-order valence-corrected chi connectivity index (χ4v) is 2.53. The van der Waals surface area contributed by atoms with Gasteiger partial charge in [-0.3, -0.25) is 0 Å². The van der Waals surface area contributed by atoms with E-state index in [0.29, 0.717) is 22.3 Å². The van der Waals surface area contributed by atoms with Gasteiger partial charge < -0.3 is 15.5 Å². The van der Waals surface area contributed by atoms with Crippen LogP contribution in [0.4, 0.5) is 10.5 Å². The number of carbonyl (C=O) groups excluding carboxylic acids is 1. The van der Waals surface area contributed by atoms with Crippen molar-refractivity contribution in [3.8, 4) is 0 Å². The van der Waals surface area contributed by atoms with Gasteiger partial charge in [0.1, 0.15) is 0 Å². The molecule has 0 bridgehead atoms. The maximum Gasteiger partial charge on any atom is 0.319 e. The van der Waals surface area contributed by atoms with Crippen LogP contribution >= 0.6 is 23.2 Å². The highest BCUT2D eigenvalue weighted by molar-refractivity contribution is 6.35. The second-order valence-electron chi connectivity index (χ2n) is 5.45. The van der Waals surface area contributed by atoms with Crippen LogP contribution in [0.3, 0.4) is 0 Å². The zero-order valence-corrected chi connectivity index (χ0v) is 14.5. The molecule has 0 aliphatic heterocycles. The Kier molecular flexibility index (Phi) is 6.28. The highest BCUT2D eigenvalue weighted by Crippen LogP contribution is 2.25. The largest absolute Gasteiger partial charge is 0.330 e. The van der Waals surface area contributed by atoms with Crippen molar-refractivity contribution in [2.45, 2.75) is 6.04 Å². The van der Waals surface area contributed by atoms with Crippen LogP contribution in [0.15, 0.2) is 48.5 Å². The number of hydrogen-bond donors (Lipinski definition) is 2. The molecule has 0 saturated carbocycles. The zero-order chi connectivity index (χ0) is 16.8. The minimum absolute atomic E-state index is 0.135. The van der Waals surface area contributed by atoms with Gasteiger partial charge in [-0.05, 0) is 37.9 Å². The number of rotatable bonds is 5. The van der Waals surface area contributed by atoms with E-state index in [1.54, 1.807) is 18.2 Å². The van der Waals surface area contributed by atoms with Crippen molar-refractivity contribution < 1.29 is 4.79 Å². The molecule has 2 aromatic carbocycles. The normalized spacial score (nSPS) is 12.0. The van der Waals surface area contributed by atoms with E-state index in [9.17, 15) is 4.79 Å². The summed E-state index contributed by atoms with van der Waals surface area (Å²) in [5.41, 5.74) is 1.52. The summed E-state index contributed by atoms with van der Waals surface area (Å²) in [7, 11) is 3.92. The lowest BCUT2D eigenvalue weighted by atomic mass is 10.1. The Bertz CT molecular complexity index is 662. The minimum atomic E-state index is -0.329. The van der Waals surface area contributed by atoms with Crippen molar-refractivity contribution in [3.63, 3.8) is 0 Å². The summed E-state index contributed by atoms with van der Waals surface area (Å²) in [6, 6.07) is 14.3. The number of likely N-dealkylation sites (N-methyl/N-ethyl adjacent to an activating group) is 1. The summed E-state index contributed by atoms with van der Waals surface area (Å²) in [5, 5.41) is 6.66. The number of hydrogen-bond acceptors (Lipinski definition) is 2. The lowest BCUT2D eigenvalue weighted by Gasteiger charge is -2.23. The number of anilines is 1. The van der Waals surface area contributed by atoms with Gasteiger partial charge in [-0.1, -0.05) is 53.5 Å². The van der Waals surface area contributed by atoms with Crippen molar-refractivity contribution in [3.05, 3.63) is 64.1 Å². The average Bonchev–Trinajstić information content (AvgIpc) is 2.51. The highest BCUT2D eigenvalue weighted by atomic mass is 35.5. The topological polar surface area (TPSA) is 44.4 Å². The molecule has 0 aliphatic carbocycles. The molecule has 0 aliphatic rings. The molecule has 1 atom stereocenters. The summed E-state index contributed by atoms with van der Waals surface area (Å²) < 4.78 is 0. The van der Waals surface area contributed by atoms with Gasteiger partial charge in [0, 0.05) is 11.6 Å². The standard InChI is InChI=1S/C17H19Cl2N3O/c1-22(2)11-16(12-6-4-3-5-7-12)21-17(23)20-15-10-13(18)8-9-14(15)19/h3-10,16H,11H2,1-2H3,(H2,20,21,23)/t16-/m0/s1. The third kappa shape index (κ3) is 5.43. The monoisotopic (exact) mass is 351 g/mol. The van der Waals surface area contributed by atoms with E-state index in [2.05, 4.69) is 10.6 Å². The molecule has 0 spiro atoms. The highest BCUT2D eigenvalue weighted by Gasteiger charge is 2.16. The molecule has 2 N–H and O–H groups in total. The first kappa shape index (κ1) is 17.6. The van der Waals surface area contributed by atoms with E-state index in [1.807, 2.05) is 49.3 Å². The van der Waals surface area contributed by atoms with Gasteiger partial charge >= 0.3 is 6.03 Å². The molecule has 0 fully saturated rings. The molecule has 0 saturated heterocycles. The van der Waals surface area contributed by atoms with Crippen LogP contribution in [-0.4, -0.2) is 31.6 Å². The van der Waals surface area contributed by atoms with E-state index in [1.165, 1.54) is 0 Å². The second-order valence-corrected chi connectivity index (χ2v) is 6.29. The van der Waals surface area contributed by atoms with Gasteiger partial charge in [-0.15, -0.1) is 0 Å². The lowest BCUT2D eigenvalue weighted by Crippen LogP contribution is -2.37. The third-order valence-corrected chi connectivity index (χ3v) is 3.80. The smallest absolute Gasteiger partial charge is 0.319 e. The van der Waals surface area contributed by atoms with Crippen LogP contribution < -0.4 is 10.6 Å². The van der Waals surface area contributed by atoms with E-state index in [4.69, 9.17) is 23.2 Å². The van der Waals surface area contributed by atoms with Crippen molar-refractivity contribution in [2.75, 3.05) is 26.0 Å². The molecule has 0 radical (unpaired) electrons. The van der Waals surface area contributed by atoms with Gasteiger partial charge in [0.15, 0.2) is 0 Å². The third-order valence-electron chi connectivity index (χ3n) is 3.23. The Balaban J connectivity index is 2.10. The van der Waals surface area contributed by atoms with Crippen LogP contribution in [0.1, 0.15) is 11.6 Å². The SMILES string of the molecule is CN(C)C[C@H](NC(=O)Nc1cc(Cl)ccc1Cl)c1ccccc1. The summed E-state index contributed by atoms with van der Waals surface area (Å²) >= 11 is 12.0. The number of nitrogens with one attached hydrogen (secondary N) is 2. The lowest BCUT2D eigenvalue weighted by molar-refractivity contribution is 0.244. The fraction of sp³-hybridized carbons (Fsp3) is 0.235. The molecule has 23 heavy (non-hydrogen) atoms. The van der Waals surface area contributed by atoms with E-state index in [0.717, 1.165) is 5.56 Å². The van der Waals surface area contributed by atoms with Crippen molar-refractivity contribution in [1.82, 2.24) is 10.2 Å². The predicted octanol–water partition coefficient (Wildman–Crippen LogP) is 4.42. The molecule has 0 unspecified atom stereocenters. The quantitative estimate of drug-likeness (QED) is 0.837. The van der Waals surface area contributed by atoms with Crippen LogP contribution in [0.2, 0.25) is 10.0 Å². The van der Waals surface area contributed by atoms with Crippen LogP contribution in [0.25, 0.3) is 0 Å². The van der Waals surface area contributed by atoms with Crippen molar-refractivity contribution >= 4 is 34.9 Å². The molecule has 2 aromatic rings. The second kappa shape index (κ2) is 8.20. The van der Waals surface area contributed by atoms with Crippen LogP contribution in [0, 0.1) is 0 Å². The zero-order valence-electron chi connectivity index (χ0n) is 13.0. The van der Waals surface area contributed by atoms with Gasteiger partial charge in [0.2, 0.25) is 0 Å². The van der Waals surface area contributed by atoms with E-state index in [-0.39, 0.29) is 12.1 Å². The van der Waals surface area contributed by atoms with Crippen LogP contribution in [0.5, 0.6) is 0 Å². The molecule has 2 rings (SSSR count). The number of amides is 2. The van der Waals surface area contributed by atoms with Crippen molar-refractivity contribution in [1.29, 1.82) is 0 Å². The molecule has 0 aromatic heterocycles. The predicted molar refractivity (Wildman–Crippen MR) is 96.4 cm³/mol. The Morgan fingerprint density at radius 3 is 2.48 bits per heavy atom. The summed E-state index contributed by atoms with van der Waals surface area (Å²) in [6.07, 6.45) is 0. The Morgan fingerprint density at radius 2 is 1.83 bits per heavy atom. The van der Waals surface area contributed by atoms with Gasteiger partial charge in [-0.2, -0.15) is 0 Å². The summed E-state index contributed by atoms with van der Waals surface area (Å²) in [6.45, 7) is 0.681. The Hall–Kier alpha value is -1.75. The minimum Gasteiger partial charge on any atom is -0.330 e. The number of carbonyl (C=O) groups is 1. The van der Waals surface area contributed by atoms with Gasteiger partial charge in [0.05, 0.1) is 16.8 Å². The maximum atomic E-state index is 12.3. The average molecular weight is 352 g/mol. The number of nitrogens with zero attached hydrogens (tertiary/aromatic N) is 1. The molecule has 122 valence electrons. The van der Waals surface area contributed by atoms with E-state index < -0.39 is 0 Å². The first-order valence-corrected chi connectivity index (χ1v) is 7.93. The van der Waals surface area contributed by atoms with Crippen LogP contribution in [-0.2, 0) is 0 Å². The summed E-state index contributed by atoms with van der Waals surface area (Å²) in [4.78, 5) is 14.3. The van der Waals surface area contributed by atoms with Gasteiger partial charge in [0.25, 0.3) is 0 Å². The first-order valence-electron chi connectivity index (χ1n) is 7.18. The fourth-order valence-electron chi connectivity index (χ4n) is 2.19. The van der Waals surface area contributed by atoms with Crippen molar-refractivity contribution in [2.24, 2.45) is 0 Å². The number of urea groups is 1.